The van der Waals surface area contributed by atoms with Crippen molar-refractivity contribution in [1.82, 2.24) is 15.0 Å². The zero-order chi connectivity index (χ0) is 41.7. The quantitative estimate of drug-likeness (QED) is 0.183. The molecular weight excluding hydrogens is 631 g/mol. The minimum absolute atomic E-state index is 0.0748. The number of benzene rings is 7. The Labute approximate surface area is 306 Å². The second-order valence-electron chi connectivity index (χ2n) is 11.6. The average molecular weight is 668 g/mol. The Morgan fingerprint density at radius 3 is 1.88 bits per heavy atom. The molecule has 3 heterocycles. The summed E-state index contributed by atoms with van der Waals surface area (Å²) in [5.41, 5.74) is 2.49. The van der Waals surface area contributed by atoms with E-state index in [1.807, 2.05) is 60.7 Å². The molecule has 0 radical (unpaired) electrons. The van der Waals surface area contributed by atoms with Crippen molar-refractivity contribution in [2.24, 2.45) is 0 Å². The third-order valence-corrected chi connectivity index (χ3v) is 9.84. The van der Waals surface area contributed by atoms with Crippen molar-refractivity contribution in [2.45, 2.75) is 0 Å². The lowest BCUT2D eigenvalue weighted by Gasteiger charge is -2.11. The summed E-state index contributed by atoms with van der Waals surface area (Å²) in [6.07, 6.45) is 0. The van der Waals surface area contributed by atoms with Crippen LogP contribution < -0.4 is 0 Å². The van der Waals surface area contributed by atoms with Gasteiger partial charge in [0, 0.05) is 53.2 Å². The van der Waals surface area contributed by atoms with Crippen LogP contribution in [0.15, 0.2) is 168 Å². The molecule has 0 bridgehead atoms. The highest BCUT2D eigenvalue weighted by atomic mass is 32.1. The molecule has 0 aliphatic rings. The van der Waals surface area contributed by atoms with Gasteiger partial charge in [0.05, 0.1) is 13.7 Å². The molecule has 0 amide bonds. The number of fused-ring (bicyclic) bond motifs is 6. The van der Waals surface area contributed by atoms with Crippen LogP contribution >= 0.6 is 11.3 Å². The molecule has 0 atom stereocenters. The van der Waals surface area contributed by atoms with Gasteiger partial charge in [0.2, 0.25) is 0 Å². The van der Waals surface area contributed by atoms with Gasteiger partial charge in [-0.15, -0.1) is 11.3 Å². The Morgan fingerprint density at radius 1 is 0.460 bits per heavy atom. The molecule has 0 unspecified atom stereocenters. The Morgan fingerprint density at radius 2 is 1.10 bits per heavy atom. The summed E-state index contributed by atoms with van der Waals surface area (Å²) in [5, 5.41) is 2.94. The SMILES string of the molecule is [2H]c1c([2H])c([2H])c(-c2cc(-c3c([2H])c([2H])c([2H])c([2H])c3[2H])c3oc4cccc(-c5nc(-c6ccccc6)nc(-c6cccc7sc8ccccc8c67)n5)c4c3c2)c([2H])c1[2H]. The molecule has 4 nitrogen and oxygen atoms in total. The molecule has 50 heavy (non-hydrogen) atoms. The fraction of sp³-hybridized carbons (Fsp3) is 0. The van der Waals surface area contributed by atoms with E-state index in [0.717, 1.165) is 31.3 Å². The number of rotatable bonds is 5. The number of furan rings is 1. The lowest BCUT2D eigenvalue weighted by atomic mass is 9.95. The van der Waals surface area contributed by atoms with E-state index in [4.69, 9.17) is 33.1 Å². The van der Waals surface area contributed by atoms with Crippen LogP contribution in [0.1, 0.15) is 13.7 Å². The molecule has 0 aliphatic heterocycles. The summed E-state index contributed by atoms with van der Waals surface area (Å²) in [6, 6.07) is 26.9. The number of hydrogen-bond acceptors (Lipinski definition) is 5. The van der Waals surface area contributed by atoms with Gasteiger partial charge in [-0.25, -0.2) is 15.0 Å². The zero-order valence-corrected chi connectivity index (χ0v) is 26.8. The van der Waals surface area contributed by atoms with Crippen molar-refractivity contribution < 1.29 is 18.1 Å². The van der Waals surface area contributed by atoms with Crippen LogP contribution in [0.3, 0.4) is 0 Å². The van der Waals surface area contributed by atoms with Crippen LogP contribution in [0.2, 0.25) is 0 Å². The van der Waals surface area contributed by atoms with Crippen LogP contribution in [0.5, 0.6) is 0 Å². The first kappa shape index (κ1) is 20.2. The Kier molecular flexibility index (Phi) is 4.69. The molecule has 0 saturated heterocycles. The summed E-state index contributed by atoms with van der Waals surface area (Å²) >= 11 is 1.68. The molecule has 0 saturated carbocycles. The lowest BCUT2D eigenvalue weighted by molar-refractivity contribution is 0.670. The third-order valence-electron chi connectivity index (χ3n) is 8.71. The summed E-state index contributed by atoms with van der Waals surface area (Å²) < 4.78 is 94.7. The predicted octanol–water partition coefficient (Wildman–Crippen LogP) is 12.5. The molecule has 10 rings (SSSR count). The van der Waals surface area contributed by atoms with E-state index >= 15 is 0 Å². The maximum absolute atomic E-state index is 8.92. The van der Waals surface area contributed by atoms with Crippen molar-refractivity contribution in [2.75, 3.05) is 0 Å². The predicted molar refractivity (Wildman–Crippen MR) is 207 cm³/mol. The van der Waals surface area contributed by atoms with Gasteiger partial charge in [0.1, 0.15) is 11.2 Å². The highest BCUT2D eigenvalue weighted by Gasteiger charge is 2.22. The van der Waals surface area contributed by atoms with E-state index in [1.54, 1.807) is 29.5 Å². The Bertz CT molecular complexity index is 3400. The number of aromatic nitrogens is 3. The van der Waals surface area contributed by atoms with Gasteiger partial charge < -0.3 is 4.42 Å². The van der Waals surface area contributed by atoms with E-state index < -0.39 is 60.4 Å². The molecule has 7 aromatic carbocycles. The first-order chi connectivity index (χ1) is 28.9. The molecule has 0 aliphatic carbocycles. The Hall–Kier alpha value is -6.43. The molecule has 0 spiro atoms. The second-order valence-corrected chi connectivity index (χ2v) is 12.7. The normalized spacial score (nSPS) is 14.4. The minimum atomic E-state index is -0.579. The molecule has 3 aromatic heterocycles. The van der Waals surface area contributed by atoms with Crippen molar-refractivity contribution >= 4 is 53.4 Å². The number of thiophene rings is 1. The minimum Gasteiger partial charge on any atom is -0.455 e. The third kappa shape index (κ3) is 4.71. The molecular formula is C45H27N3OS. The Balaban J connectivity index is 1.32. The zero-order valence-electron chi connectivity index (χ0n) is 36.0. The molecule has 0 N–H and O–H groups in total. The van der Waals surface area contributed by atoms with E-state index in [2.05, 4.69) is 18.2 Å². The summed E-state index contributed by atoms with van der Waals surface area (Å²) in [7, 11) is 0. The van der Waals surface area contributed by atoms with Crippen molar-refractivity contribution in [1.29, 1.82) is 0 Å². The van der Waals surface area contributed by atoms with Crippen LogP contribution in [0.4, 0.5) is 0 Å². The maximum Gasteiger partial charge on any atom is 0.164 e. The number of hydrogen-bond donors (Lipinski definition) is 0. The van der Waals surface area contributed by atoms with Gasteiger partial charge >= 0.3 is 0 Å². The fourth-order valence-corrected chi connectivity index (χ4v) is 7.65. The smallest absolute Gasteiger partial charge is 0.164 e. The van der Waals surface area contributed by atoms with Gasteiger partial charge in [-0.1, -0.05) is 133 Å². The van der Waals surface area contributed by atoms with Crippen LogP contribution in [-0.4, -0.2) is 15.0 Å². The standard InChI is InChI=1S/C45H27N3OS/c1-4-14-28(15-5-1)31-26-35(29-16-6-2-7-17-29)42-36(27-31)40-33(21-12-23-37(40)49-42)44-46-43(30-18-8-3-9-19-30)47-45(48-44)34-22-13-25-39-41(34)32-20-10-11-24-38(32)50-39/h1-27H/i1D,2D,4D,5D,6D,7D,14D,15D,16D,17D. The largest absolute Gasteiger partial charge is 0.455 e. The van der Waals surface area contributed by atoms with Gasteiger partial charge in [-0.2, -0.15) is 0 Å². The van der Waals surface area contributed by atoms with Gasteiger partial charge in [0.15, 0.2) is 17.5 Å². The van der Waals surface area contributed by atoms with Crippen LogP contribution in [0.25, 0.3) is 98.5 Å². The van der Waals surface area contributed by atoms with E-state index in [0.29, 0.717) is 39.4 Å². The second kappa shape index (κ2) is 11.6. The van der Waals surface area contributed by atoms with Crippen LogP contribution in [-0.2, 0) is 0 Å². The van der Waals surface area contributed by atoms with Crippen molar-refractivity contribution in [3.05, 3.63) is 164 Å². The van der Waals surface area contributed by atoms with E-state index in [-0.39, 0.29) is 27.8 Å². The fourth-order valence-electron chi connectivity index (χ4n) is 6.52. The monoisotopic (exact) mass is 667 g/mol. The lowest BCUT2D eigenvalue weighted by Crippen LogP contribution is -2.00. The van der Waals surface area contributed by atoms with E-state index in [1.165, 1.54) is 6.07 Å². The van der Waals surface area contributed by atoms with Gasteiger partial charge in [-0.3, -0.25) is 0 Å². The maximum atomic E-state index is 8.92. The highest BCUT2D eigenvalue weighted by Crippen LogP contribution is 2.44. The first-order valence-corrected chi connectivity index (χ1v) is 16.6. The first-order valence-electron chi connectivity index (χ1n) is 20.8. The average Bonchev–Trinajstić information content (AvgIpc) is 3.85. The van der Waals surface area contributed by atoms with Crippen molar-refractivity contribution in [3.8, 4) is 56.4 Å². The van der Waals surface area contributed by atoms with Gasteiger partial charge in [-0.05, 0) is 47.0 Å². The van der Waals surface area contributed by atoms with E-state index in [9.17, 15) is 0 Å². The molecule has 0 fully saturated rings. The highest BCUT2D eigenvalue weighted by molar-refractivity contribution is 7.25. The topological polar surface area (TPSA) is 51.8 Å². The van der Waals surface area contributed by atoms with Crippen molar-refractivity contribution in [3.63, 3.8) is 0 Å². The molecule has 234 valence electrons. The van der Waals surface area contributed by atoms with Crippen LogP contribution in [0, 0.1) is 0 Å². The molecule has 5 heteroatoms. The summed E-state index contributed by atoms with van der Waals surface area (Å²) in [4.78, 5) is 15.2. The molecule has 10 aromatic rings. The van der Waals surface area contributed by atoms with Gasteiger partial charge in [0.25, 0.3) is 0 Å². The summed E-state index contributed by atoms with van der Waals surface area (Å²) in [5.74, 6) is 1.13. The number of nitrogens with zero attached hydrogens (tertiary/aromatic N) is 3. The summed E-state index contributed by atoms with van der Waals surface area (Å²) in [6.45, 7) is 0.